The van der Waals surface area contributed by atoms with Crippen LogP contribution < -0.4 is 22.1 Å². The van der Waals surface area contributed by atoms with E-state index in [9.17, 15) is 13.2 Å². The Morgan fingerprint density at radius 3 is 2.67 bits per heavy atom. The van der Waals surface area contributed by atoms with E-state index in [1.165, 1.54) is 0 Å². The summed E-state index contributed by atoms with van der Waals surface area (Å²) in [5, 5.41) is 5.27. The Kier molecular flexibility index (Phi) is 7.43. The van der Waals surface area contributed by atoms with Gasteiger partial charge in [-0.2, -0.15) is 0 Å². The minimum absolute atomic E-state index is 0.00448. The van der Waals surface area contributed by atoms with Crippen molar-refractivity contribution in [3.63, 3.8) is 0 Å². The molecule has 0 bridgehead atoms. The predicted molar refractivity (Wildman–Crippen MR) is 105 cm³/mol. The highest BCUT2D eigenvalue weighted by Gasteiger charge is 2.24. The molecule has 150 valence electrons. The Bertz CT molecular complexity index is 759. The molecule has 0 spiro atoms. The van der Waals surface area contributed by atoms with Gasteiger partial charge in [0.2, 0.25) is 0 Å². The SMILES string of the molecule is Cc1ccc(S(=O)(=O)CNC(=O)N[C@@H]2CCN(CCCN=C(N)N)C2)cc1. The summed E-state index contributed by atoms with van der Waals surface area (Å²) in [5.41, 5.74) is 11.5. The van der Waals surface area contributed by atoms with Gasteiger partial charge >= 0.3 is 6.03 Å². The van der Waals surface area contributed by atoms with Crippen LogP contribution in [0.3, 0.4) is 0 Å². The summed E-state index contributed by atoms with van der Waals surface area (Å²) >= 11 is 0. The molecular formula is C17H28N6O3S. The molecule has 0 radical (unpaired) electrons. The summed E-state index contributed by atoms with van der Waals surface area (Å²) in [7, 11) is -3.55. The number of aryl methyl sites for hydroxylation is 1. The lowest BCUT2D eigenvalue weighted by molar-refractivity contribution is 0.237. The van der Waals surface area contributed by atoms with Gasteiger partial charge in [-0.05, 0) is 38.4 Å². The van der Waals surface area contributed by atoms with E-state index in [1.807, 2.05) is 6.92 Å². The number of hydrogen-bond acceptors (Lipinski definition) is 5. The second-order valence-electron chi connectivity index (χ2n) is 6.67. The summed E-state index contributed by atoms with van der Waals surface area (Å²) in [6.07, 6.45) is 1.66. The summed E-state index contributed by atoms with van der Waals surface area (Å²) in [5.74, 6) is -0.343. The number of likely N-dealkylation sites (tertiary alicyclic amines) is 1. The smallest absolute Gasteiger partial charge is 0.315 e. The molecule has 27 heavy (non-hydrogen) atoms. The third-order valence-corrected chi connectivity index (χ3v) is 5.85. The maximum absolute atomic E-state index is 12.3. The summed E-state index contributed by atoms with van der Waals surface area (Å²) in [6.45, 7) is 4.90. The van der Waals surface area contributed by atoms with Crippen LogP contribution >= 0.6 is 0 Å². The van der Waals surface area contributed by atoms with Crippen molar-refractivity contribution in [1.82, 2.24) is 15.5 Å². The zero-order valence-electron chi connectivity index (χ0n) is 15.5. The van der Waals surface area contributed by atoms with Gasteiger partial charge in [0.1, 0.15) is 5.88 Å². The third kappa shape index (κ3) is 7.06. The molecule has 0 unspecified atom stereocenters. The van der Waals surface area contributed by atoms with E-state index in [4.69, 9.17) is 11.5 Å². The molecule has 1 aromatic rings. The van der Waals surface area contributed by atoms with E-state index in [-0.39, 0.29) is 16.9 Å². The molecule has 1 aliphatic rings. The number of nitrogens with two attached hydrogens (primary N) is 2. The van der Waals surface area contributed by atoms with Crippen LogP contribution in [0.25, 0.3) is 0 Å². The zero-order chi connectivity index (χ0) is 19.9. The van der Waals surface area contributed by atoms with Gasteiger partial charge in [0.15, 0.2) is 15.8 Å². The summed E-state index contributed by atoms with van der Waals surface area (Å²) in [4.78, 5) is 18.4. The Morgan fingerprint density at radius 1 is 1.30 bits per heavy atom. The number of rotatable bonds is 8. The number of guanidine groups is 1. The van der Waals surface area contributed by atoms with Crippen molar-refractivity contribution in [1.29, 1.82) is 0 Å². The van der Waals surface area contributed by atoms with E-state index in [1.54, 1.807) is 24.3 Å². The molecule has 1 aliphatic heterocycles. The number of urea groups is 1. The molecule has 0 aliphatic carbocycles. The molecule has 1 aromatic carbocycles. The molecule has 9 nitrogen and oxygen atoms in total. The zero-order valence-corrected chi connectivity index (χ0v) is 16.3. The van der Waals surface area contributed by atoms with Crippen LogP contribution in [0.4, 0.5) is 4.79 Å². The number of aliphatic imine (C=N–C) groups is 1. The maximum Gasteiger partial charge on any atom is 0.315 e. The van der Waals surface area contributed by atoms with Gasteiger partial charge < -0.3 is 27.0 Å². The van der Waals surface area contributed by atoms with Crippen molar-refractivity contribution in [3.8, 4) is 0 Å². The van der Waals surface area contributed by atoms with Crippen LogP contribution in [-0.2, 0) is 9.84 Å². The largest absolute Gasteiger partial charge is 0.370 e. The number of carbonyl (C=O) groups excluding carboxylic acids is 1. The van der Waals surface area contributed by atoms with Crippen LogP contribution in [-0.4, -0.2) is 63.4 Å². The van der Waals surface area contributed by atoms with E-state index in [0.29, 0.717) is 6.54 Å². The molecule has 1 atom stereocenters. The fourth-order valence-electron chi connectivity index (χ4n) is 2.88. The molecule has 2 amide bonds. The van der Waals surface area contributed by atoms with Crippen molar-refractivity contribution in [2.45, 2.75) is 30.7 Å². The minimum Gasteiger partial charge on any atom is -0.370 e. The molecule has 10 heteroatoms. The number of amides is 2. The first-order valence-electron chi connectivity index (χ1n) is 8.88. The van der Waals surface area contributed by atoms with Gasteiger partial charge in [-0.25, -0.2) is 13.2 Å². The van der Waals surface area contributed by atoms with Crippen LogP contribution in [0, 0.1) is 6.92 Å². The monoisotopic (exact) mass is 396 g/mol. The molecule has 0 saturated carbocycles. The van der Waals surface area contributed by atoms with Gasteiger partial charge in [-0.3, -0.25) is 4.99 Å². The highest BCUT2D eigenvalue weighted by atomic mass is 32.2. The van der Waals surface area contributed by atoms with Gasteiger partial charge in [-0.1, -0.05) is 17.7 Å². The lowest BCUT2D eigenvalue weighted by Gasteiger charge is -2.16. The lowest BCUT2D eigenvalue weighted by atomic mass is 10.2. The van der Waals surface area contributed by atoms with E-state index in [2.05, 4.69) is 20.5 Å². The number of carbonyl (C=O) groups is 1. The molecule has 6 N–H and O–H groups in total. The quantitative estimate of drug-likeness (QED) is 0.271. The van der Waals surface area contributed by atoms with E-state index < -0.39 is 21.7 Å². The van der Waals surface area contributed by atoms with Crippen LogP contribution in [0.5, 0.6) is 0 Å². The molecule has 1 heterocycles. The Hall–Kier alpha value is -2.33. The topological polar surface area (TPSA) is 143 Å². The summed E-state index contributed by atoms with van der Waals surface area (Å²) in [6, 6.07) is 6.07. The number of sulfone groups is 1. The van der Waals surface area contributed by atoms with Crippen molar-refractivity contribution in [3.05, 3.63) is 29.8 Å². The molecule has 2 rings (SSSR count). The second kappa shape index (κ2) is 9.56. The number of hydrogen-bond donors (Lipinski definition) is 4. The van der Waals surface area contributed by atoms with Crippen molar-refractivity contribution >= 4 is 21.8 Å². The predicted octanol–water partition coefficient (Wildman–Crippen LogP) is -0.237. The second-order valence-corrected chi connectivity index (χ2v) is 8.66. The third-order valence-electron chi connectivity index (χ3n) is 4.34. The first-order chi connectivity index (χ1) is 12.8. The number of benzene rings is 1. The molecule has 0 aromatic heterocycles. The van der Waals surface area contributed by atoms with Crippen molar-refractivity contribution < 1.29 is 13.2 Å². The van der Waals surface area contributed by atoms with Crippen LogP contribution in [0.2, 0.25) is 0 Å². The highest BCUT2D eigenvalue weighted by molar-refractivity contribution is 7.91. The van der Waals surface area contributed by atoms with Crippen LogP contribution in [0.1, 0.15) is 18.4 Å². The average molecular weight is 397 g/mol. The van der Waals surface area contributed by atoms with Gasteiger partial charge in [0.25, 0.3) is 0 Å². The average Bonchev–Trinajstić information content (AvgIpc) is 3.04. The van der Waals surface area contributed by atoms with Gasteiger partial charge in [-0.15, -0.1) is 0 Å². The van der Waals surface area contributed by atoms with Crippen LogP contribution in [0.15, 0.2) is 34.2 Å². The Labute approximate surface area is 160 Å². The molecular weight excluding hydrogens is 368 g/mol. The standard InChI is InChI=1S/C17H28N6O3S/c1-13-3-5-15(6-4-13)27(25,26)12-21-17(24)22-14-7-10-23(11-14)9-2-8-20-16(18)19/h3-6,14H,2,7-12H2,1H3,(H4,18,19,20)(H2,21,22,24)/t14-/m1/s1. The minimum atomic E-state index is -3.55. The Balaban J connectivity index is 1.71. The summed E-state index contributed by atoms with van der Waals surface area (Å²) < 4.78 is 24.5. The van der Waals surface area contributed by atoms with Gasteiger partial charge in [0, 0.05) is 25.7 Å². The van der Waals surface area contributed by atoms with Gasteiger partial charge in [0.05, 0.1) is 4.90 Å². The highest BCUT2D eigenvalue weighted by Crippen LogP contribution is 2.12. The number of nitrogens with zero attached hydrogens (tertiary/aromatic N) is 2. The fourth-order valence-corrected chi connectivity index (χ4v) is 3.92. The fraction of sp³-hybridized carbons (Fsp3) is 0.529. The van der Waals surface area contributed by atoms with E-state index >= 15 is 0 Å². The van der Waals surface area contributed by atoms with E-state index in [0.717, 1.165) is 38.0 Å². The number of nitrogens with one attached hydrogen (secondary N) is 2. The molecule has 1 saturated heterocycles. The normalized spacial score (nSPS) is 17.4. The molecule has 1 fully saturated rings. The maximum atomic E-state index is 12.3. The Morgan fingerprint density at radius 2 is 2.00 bits per heavy atom. The first kappa shape index (κ1) is 21.0. The van der Waals surface area contributed by atoms with Crippen molar-refractivity contribution in [2.75, 3.05) is 32.1 Å². The first-order valence-corrected chi connectivity index (χ1v) is 10.5. The van der Waals surface area contributed by atoms with Crippen molar-refractivity contribution in [2.24, 2.45) is 16.5 Å². The lowest BCUT2D eigenvalue weighted by Crippen LogP contribution is -2.44.